The van der Waals surface area contributed by atoms with Gasteiger partial charge >= 0.3 is 6.09 Å². The number of aromatic amines is 1. The summed E-state index contributed by atoms with van der Waals surface area (Å²) in [5.74, 6) is 0.555. The van der Waals surface area contributed by atoms with E-state index in [0.29, 0.717) is 12.5 Å². The molecule has 2 unspecified atom stereocenters. The van der Waals surface area contributed by atoms with Crippen molar-refractivity contribution < 1.29 is 9.90 Å². The van der Waals surface area contributed by atoms with E-state index in [1.165, 1.54) is 11.3 Å². The van der Waals surface area contributed by atoms with E-state index in [2.05, 4.69) is 18.0 Å². The summed E-state index contributed by atoms with van der Waals surface area (Å²) >= 11 is 6.63. The average molecular weight is 363 g/mol. The van der Waals surface area contributed by atoms with Gasteiger partial charge in [-0.1, -0.05) is 24.6 Å². The lowest BCUT2D eigenvalue weighted by Crippen LogP contribution is -2.47. The van der Waals surface area contributed by atoms with Crippen LogP contribution in [-0.4, -0.2) is 33.2 Å². The molecule has 0 saturated carbocycles. The molecule has 0 radical (unpaired) electrons. The lowest BCUT2D eigenvalue weighted by atomic mass is 9.86. The largest absolute Gasteiger partial charge is 0.465 e. The molecule has 0 fully saturated rings. The van der Waals surface area contributed by atoms with Crippen LogP contribution in [0.5, 0.6) is 0 Å². The summed E-state index contributed by atoms with van der Waals surface area (Å²) in [5.41, 5.74) is 4.32. The normalized spacial score (nSPS) is 18.4. The molecule has 0 saturated heterocycles. The average Bonchev–Trinajstić information content (AvgIpc) is 3.05. The summed E-state index contributed by atoms with van der Waals surface area (Å²) in [5, 5.41) is 11.6. The summed E-state index contributed by atoms with van der Waals surface area (Å²) in [4.78, 5) is 16.8. The summed E-state index contributed by atoms with van der Waals surface area (Å²) in [6, 6.07) is 4.13. The van der Waals surface area contributed by atoms with Crippen LogP contribution in [0.25, 0.3) is 10.9 Å². The first-order valence-electron chi connectivity index (χ1n) is 8.91. The first kappa shape index (κ1) is 18.1. The Balaban J connectivity index is 1.97. The van der Waals surface area contributed by atoms with Gasteiger partial charge in [0.1, 0.15) is 0 Å². The molecule has 1 aromatic heterocycles. The molecule has 3 rings (SSSR count). The molecule has 0 bridgehead atoms. The Morgan fingerprint density at radius 1 is 1.44 bits per heavy atom. The van der Waals surface area contributed by atoms with Crippen LogP contribution in [0.4, 0.5) is 4.79 Å². The minimum atomic E-state index is -0.856. The third kappa shape index (κ3) is 3.12. The first-order valence-corrected chi connectivity index (χ1v) is 9.29. The number of amides is 1. The molecular weight excluding hydrogens is 336 g/mol. The summed E-state index contributed by atoms with van der Waals surface area (Å²) in [6.45, 7) is 10.5. The molecule has 4 nitrogen and oxygen atoms in total. The fraction of sp³-hybridized carbons (Fsp3) is 0.550. The zero-order valence-corrected chi connectivity index (χ0v) is 16.4. The number of fused-ring (bicyclic) bond motifs is 3. The van der Waals surface area contributed by atoms with Gasteiger partial charge in [0.25, 0.3) is 0 Å². The molecule has 2 aromatic rings. The second kappa shape index (κ2) is 6.24. The van der Waals surface area contributed by atoms with Gasteiger partial charge in [-0.2, -0.15) is 0 Å². The molecule has 5 heteroatoms. The Hall–Kier alpha value is -1.68. The van der Waals surface area contributed by atoms with Crippen LogP contribution in [0, 0.1) is 12.8 Å². The first-order chi connectivity index (χ1) is 11.6. The van der Waals surface area contributed by atoms with E-state index in [1.807, 2.05) is 33.8 Å². The van der Waals surface area contributed by atoms with Gasteiger partial charge < -0.3 is 15.0 Å². The van der Waals surface area contributed by atoms with E-state index in [-0.39, 0.29) is 5.92 Å². The van der Waals surface area contributed by atoms with Crippen molar-refractivity contribution in [2.75, 3.05) is 6.54 Å². The number of aromatic nitrogens is 1. The summed E-state index contributed by atoms with van der Waals surface area (Å²) in [7, 11) is 0. The van der Waals surface area contributed by atoms with Gasteiger partial charge in [0.05, 0.1) is 5.02 Å². The Bertz CT molecular complexity index is 819. The molecule has 1 aromatic carbocycles. The van der Waals surface area contributed by atoms with Crippen LogP contribution >= 0.6 is 11.6 Å². The molecule has 25 heavy (non-hydrogen) atoms. The van der Waals surface area contributed by atoms with E-state index in [4.69, 9.17) is 11.6 Å². The molecule has 1 heterocycles. The van der Waals surface area contributed by atoms with E-state index >= 15 is 0 Å². The SMILES string of the molecule is Cc1ccc2[nH]c3c(c2c1Cl)C(C(C)CN(C(=O)O)C(C)(C)C)CC3. The molecule has 1 aliphatic rings. The van der Waals surface area contributed by atoms with Crippen LogP contribution in [0.3, 0.4) is 0 Å². The van der Waals surface area contributed by atoms with Crippen molar-refractivity contribution in [1.82, 2.24) is 9.88 Å². The van der Waals surface area contributed by atoms with Gasteiger partial charge in [-0.3, -0.25) is 0 Å². The van der Waals surface area contributed by atoms with E-state index in [1.54, 1.807) is 4.90 Å². The minimum Gasteiger partial charge on any atom is -0.465 e. The van der Waals surface area contributed by atoms with Crippen molar-refractivity contribution in [1.29, 1.82) is 0 Å². The fourth-order valence-electron chi connectivity index (χ4n) is 4.10. The maximum Gasteiger partial charge on any atom is 0.407 e. The quantitative estimate of drug-likeness (QED) is 0.749. The molecule has 0 spiro atoms. The van der Waals surface area contributed by atoms with Gasteiger partial charge in [-0.15, -0.1) is 0 Å². The van der Waals surface area contributed by atoms with Gasteiger partial charge in [0.15, 0.2) is 0 Å². The smallest absolute Gasteiger partial charge is 0.407 e. The Kier molecular flexibility index (Phi) is 4.52. The van der Waals surface area contributed by atoms with E-state index in [9.17, 15) is 9.90 Å². The highest BCUT2D eigenvalue weighted by atomic mass is 35.5. The number of rotatable bonds is 3. The van der Waals surface area contributed by atoms with Crippen molar-refractivity contribution >= 4 is 28.6 Å². The molecule has 0 aliphatic heterocycles. The highest BCUT2D eigenvalue weighted by molar-refractivity contribution is 6.36. The second-order valence-corrected chi connectivity index (χ2v) is 8.70. The summed E-state index contributed by atoms with van der Waals surface area (Å²) in [6.07, 6.45) is 1.18. The molecule has 2 atom stereocenters. The number of aryl methyl sites for hydroxylation is 2. The maximum atomic E-state index is 11.7. The highest BCUT2D eigenvalue weighted by Gasteiger charge is 2.35. The van der Waals surface area contributed by atoms with Crippen LogP contribution in [0.2, 0.25) is 5.02 Å². The van der Waals surface area contributed by atoms with Gasteiger partial charge in [-0.25, -0.2) is 4.79 Å². The number of hydrogen-bond donors (Lipinski definition) is 2. The monoisotopic (exact) mass is 362 g/mol. The predicted octanol–water partition coefficient (Wildman–Crippen LogP) is 5.57. The van der Waals surface area contributed by atoms with Crippen molar-refractivity contribution in [3.8, 4) is 0 Å². The van der Waals surface area contributed by atoms with Crippen LogP contribution in [0.15, 0.2) is 12.1 Å². The van der Waals surface area contributed by atoms with Crippen molar-refractivity contribution in [3.63, 3.8) is 0 Å². The number of nitrogens with one attached hydrogen (secondary N) is 1. The predicted molar refractivity (Wildman–Crippen MR) is 103 cm³/mol. The zero-order chi connectivity index (χ0) is 18.5. The molecule has 136 valence electrons. The molecular formula is C20H27ClN2O2. The molecule has 1 aliphatic carbocycles. The number of hydrogen-bond acceptors (Lipinski definition) is 1. The van der Waals surface area contributed by atoms with Gasteiger partial charge in [-0.05, 0) is 69.6 Å². The molecule has 1 amide bonds. The standard InChI is InChI=1S/C20H27ClN2O2/c1-11-6-8-15-17(18(11)21)16-13(7-9-14(16)22-15)12(2)10-23(19(24)25)20(3,4)5/h6,8,12-13,22H,7,9-10H2,1-5H3,(H,24,25). The van der Waals surface area contributed by atoms with Crippen molar-refractivity contribution in [2.24, 2.45) is 5.92 Å². The Morgan fingerprint density at radius 2 is 2.12 bits per heavy atom. The van der Waals surface area contributed by atoms with Crippen LogP contribution in [0.1, 0.15) is 56.9 Å². The van der Waals surface area contributed by atoms with Crippen molar-refractivity contribution in [2.45, 2.75) is 58.9 Å². The summed E-state index contributed by atoms with van der Waals surface area (Å²) < 4.78 is 0. The number of H-pyrrole nitrogens is 1. The number of nitrogens with zero attached hydrogens (tertiary/aromatic N) is 1. The number of carbonyl (C=O) groups is 1. The maximum absolute atomic E-state index is 11.7. The van der Waals surface area contributed by atoms with Crippen LogP contribution in [-0.2, 0) is 6.42 Å². The van der Waals surface area contributed by atoms with Crippen molar-refractivity contribution in [3.05, 3.63) is 34.0 Å². The molecule has 2 N–H and O–H groups in total. The van der Waals surface area contributed by atoms with E-state index in [0.717, 1.165) is 34.3 Å². The lowest BCUT2D eigenvalue weighted by molar-refractivity contribution is 0.0873. The number of carboxylic acid groups (broad SMARTS) is 1. The third-order valence-corrected chi connectivity index (χ3v) is 5.98. The third-order valence-electron chi connectivity index (χ3n) is 5.49. The number of halogens is 1. The zero-order valence-electron chi connectivity index (χ0n) is 15.6. The van der Waals surface area contributed by atoms with Gasteiger partial charge in [0.2, 0.25) is 0 Å². The van der Waals surface area contributed by atoms with E-state index < -0.39 is 11.6 Å². The lowest BCUT2D eigenvalue weighted by Gasteiger charge is -2.36. The second-order valence-electron chi connectivity index (χ2n) is 8.32. The van der Waals surface area contributed by atoms with Gasteiger partial charge in [0, 0.05) is 28.7 Å². The Morgan fingerprint density at radius 3 is 2.72 bits per heavy atom. The minimum absolute atomic E-state index is 0.229. The van der Waals surface area contributed by atoms with Crippen LogP contribution < -0.4 is 0 Å². The fourth-order valence-corrected chi connectivity index (χ4v) is 4.37. The number of benzene rings is 1. The Labute approximate surface area is 154 Å². The topological polar surface area (TPSA) is 56.3 Å². The highest BCUT2D eigenvalue weighted by Crippen LogP contribution is 2.45.